The van der Waals surface area contributed by atoms with Crippen LogP contribution in [0.5, 0.6) is 0 Å². The van der Waals surface area contributed by atoms with Crippen molar-refractivity contribution in [3.8, 4) is 0 Å². The standard InChI is InChI=1S/C20H23ClFN5O/c1-27(2)8-7-23-12-14-11-16-15(5-6-24-20(16)25-14)19(26-28)10-13-3-4-18(22)17(21)9-13/h3-6,9,23,28H,7-8,10-12H2,1-2H3/b26-19+. The first-order valence-electron chi connectivity index (χ1n) is 9.03. The van der Waals surface area contributed by atoms with Gasteiger partial charge in [-0.05, 0) is 37.9 Å². The Labute approximate surface area is 168 Å². The van der Waals surface area contributed by atoms with Gasteiger partial charge in [-0.1, -0.05) is 22.8 Å². The number of nitrogens with zero attached hydrogens (tertiary/aromatic N) is 4. The van der Waals surface area contributed by atoms with Crippen molar-refractivity contribution in [2.45, 2.75) is 12.8 Å². The Hall–Kier alpha value is -2.35. The number of likely N-dealkylation sites (N-methyl/N-ethyl adjacent to an activating group) is 1. The maximum Gasteiger partial charge on any atom is 0.156 e. The summed E-state index contributed by atoms with van der Waals surface area (Å²) < 4.78 is 13.4. The predicted molar refractivity (Wildman–Crippen MR) is 110 cm³/mol. The second-order valence-electron chi connectivity index (χ2n) is 6.97. The third-order valence-corrected chi connectivity index (χ3v) is 4.82. The maximum atomic E-state index is 13.4. The lowest BCUT2D eigenvalue weighted by Crippen LogP contribution is -2.30. The highest BCUT2D eigenvalue weighted by atomic mass is 35.5. The van der Waals surface area contributed by atoms with Gasteiger partial charge < -0.3 is 15.4 Å². The van der Waals surface area contributed by atoms with E-state index in [1.807, 2.05) is 20.2 Å². The molecular formula is C20H23ClFN5O. The van der Waals surface area contributed by atoms with E-state index in [4.69, 9.17) is 11.6 Å². The summed E-state index contributed by atoms with van der Waals surface area (Å²) in [6.45, 7) is 2.51. The Balaban J connectivity index is 1.72. The molecule has 6 nitrogen and oxygen atoms in total. The minimum absolute atomic E-state index is 0.0455. The van der Waals surface area contributed by atoms with Crippen molar-refractivity contribution in [3.05, 3.63) is 58.0 Å². The first kappa shape index (κ1) is 20.4. The Kier molecular flexibility index (Phi) is 6.72. The predicted octanol–water partition coefficient (Wildman–Crippen LogP) is 3.07. The molecule has 2 N–H and O–H groups in total. The van der Waals surface area contributed by atoms with Gasteiger partial charge in [0, 0.05) is 55.5 Å². The molecule has 8 heteroatoms. The summed E-state index contributed by atoms with van der Waals surface area (Å²) in [5.41, 5.74) is 3.95. The monoisotopic (exact) mass is 403 g/mol. The molecule has 1 aliphatic heterocycles. The van der Waals surface area contributed by atoms with E-state index in [0.717, 1.165) is 35.5 Å². The fourth-order valence-corrected chi connectivity index (χ4v) is 3.28. The third-order valence-electron chi connectivity index (χ3n) is 4.53. The van der Waals surface area contributed by atoms with Crippen molar-refractivity contribution in [1.82, 2.24) is 15.2 Å². The highest BCUT2D eigenvalue weighted by molar-refractivity contribution is 6.30. The van der Waals surface area contributed by atoms with Gasteiger partial charge in [0.1, 0.15) is 5.82 Å². The Morgan fingerprint density at radius 3 is 2.89 bits per heavy atom. The summed E-state index contributed by atoms with van der Waals surface area (Å²) in [6.07, 6.45) is 2.63. The minimum Gasteiger partial charge on any atom is -0.411 e. The van der Waals surface area contributed by atoms with Crippen molar-refractivity contribution in [1.29, 1.82) is 0 Å². The number of halogens is 2. The molecule has 28 heavy (non-hydrogen) atoms. The van der Waals surface area contributed by atoms with E-state index >= 15 is 0 Å². The molecular weight excluding hydrogens is 381 g/mol. The number of nitrogens with one attached hydrogen (secondary N) is 1. The zero-order valence-corrected chi connectivity index (χ0v) is 16.7. The lowest BCUT2D eigenvalue weighted by molar-refractivity contribution is 0.318. The van der Waals surface area contributed by atoms with Gasteiger partial charge in [0.15, 0.2) is 5.82 Å². The first-order chi connectivity index (χ1) is 13.5. The van der Waals surface area contributed by atoms with Crippen LogP contribution in [0.4, 0.5) is 10.2 Å². The van der Waals surface area contributed by atoms with Gasteiger partial charge >= 0.3 is 0 Å². The third kappa shape index (κ3) is 4.92. The van der Waals surface area contributed by atoms with E-state index in [9.17, 15) is 9.60 Å². The molecule has 0 atom stereocenters. The molecule has 0 spiro atoms. The zero-order valence-electron chi connectivity index (χ0n) is 15.9. The molecule has 1 aliphatic rings. The molecule has 0 aliphatic carbocycles. The Bertz CT molecular complexity index is 913. The van der Waals surface area contributed by atoms with Crippen LogP contribution in [0.15, 0.2) is 40.6 Å². The lowest BCUT2D eigenvalue weighted by atomic mass is 9.97. The largest absolute Gasteiger partial charge is 0.411 e. The number of aromatic nitrogens is 1. The number of pyridine rings is 1. The lowest BCUT2D eigenvalue weighted by Gasteiger charge is -2.11. The number of oxime groups is 1. The SMILES string of the molecule is CN(C)CCNCC1=Nc2nccc(/C(Cc3ccc(F)c(Cl)c3)=N/O)c2C1. The summed E-state index contributed by atoms with van der Waals surface area (Å²) in [5.74, 6) is 0.178. The zero-order chi connectivity index (χ0) is 20.1. The summed E-state index contributed by atoms with van der Waals surface area (Å²) in [6, 6.07) is 6.30. The summed E-state index contributed by atoms with van der Waals surface area (Å²) >= 11 is 5.86. The van der Waals surface area contributed by atoms with Crippen LogP contribution in [0, 0.1) is 5.82 Å². The molecule has 3 rings (SSSR count). The van der Waals surface area contributed by atoms with Gasteiger partial charge in [-0.3, -0.25) is 0 Å². The molecule has 0 saturated carbocycles. The van der Waals surface area contributed by atoms with Gasteiger partial charge in [0.25, 0.3) is 0 Å². The van der Waals surface area contributed by atoms with Crippen LogP contribution in [-0.4, -0.2) is 60.2 Å². The first-order valence-corrected chi connectivity index (χ1v) is 9.40. The normalized spacial score (nSPS) is 13.8. The van der Waals surface area contributed by atoms with Crippen LogP contribution in [0.25, 0.3) is 0 Å². The molecule has 2 heterocycles. The van der Waals surface area contributed by atoms with Crippen LogP contribution in [0.1, 0.15) is 16.7 Å². The molecule has 2 aromatic rings. The number of hydrogen-bond acceptors (Lipinski definition) is 6. The average Bonchev–Trinajstić information content (AvgIpc) is 3.09. The van der Waals surface area contributed by atoms with Gasteiger partial charge in [-0.2, -0.15) is 0 Å². The van der Waals surface area contributed by atoms with Crippen LogP contribution in [0.2, 0.25) is 5.02 Å². The summed E-state index contributed by atoms with van der Waals surface area (Å²) in [4.78, 5) is 11.1. The summed E-state index contributed by atoms with van der Waals surface area (Å²) in [7, 11) is 4.07. The van der Waals surface area contributed by atoms with Crippen LogP contribution < -0.4 is 5.32 Å². The van der Waals surface area contributed by atoms with Crippen LogP contribution >= 0.6 is 11.6 Å². The smallest absolute Gasteiger partial charge is 0.156 e. The molecule has 148 valence electrons. The minimum atomic E-state index is -0.475. The molecule has 0 saturated heterocycles. The van der Waals surface area contributed by atoms with Crippen molar-refractivity contribution in [2.75, 3.05) is 33.7 Å². The van der Waals surface area contributed by atoms with Crippen LogP contribution in [-0.2, 0) is 12.8 Å². The molecule has 0 bridgehead atoms. The second-order valence-corrected chi connectivity index (χ2v) is 7.37. The van der Waals surface area contributed by atoms with E-state index in [1.54, 1.807) is 18.3 Å². The quantitative estimate of drug-likeness (QED) is 0.307. The molecule has 0 fully saturated rings. The molecule has 0 radical (unpaired) electrons. The number of rotatable bonds is 8. The maximum absolute atomic E-state index is 13.4. The number of benzene rings is 1. The van der Waals surface area contributed by atoms with Gasteiger partial charge in [-0.15, -0.1) is 0 Å². The Morgan fingerprint density at radius 2 is 2.18 bits per heavy atom. The van der Waals surface area contributed by atoms with Crippen molar-refractivity contribution < 1.29 is 9.60 Å². The van der Waals surface area contributed by atoms with E-state index in [2.05, 4.69) is 25.3 Å². The Morgan fingerprint density at radius 1 is 1.36 bits per heavy atom. The number of hydrogen-bond donors (Lipinski definition) is 2. The fourth-order valence-electron chi connectivity index (χ4n) is 3.08. The van der Waals surface area contributed by atoms with Crippen molar-refractivity contribution in [3.63, 3.8) is 0 Å². The average molecular weight is 404 g/mol. The number of aliphatic imine (C=N–C) groups is 1. The van der Waals surface area contributed by atoms with Crippen molar-refractivity contribution in [2.24, 2.45) is 10.1 Å². The van der Waals surface area contributed by atoms with Crippen LogP contribution in [0.3, 0.4) is 0 Å². The van der Waals surface area contributed by atoms with E-state index in [-0.39, 0.29) is 5.02 Å². The van der Waals surface area contributed by atoms with E-state index < -0.39 is 5.82 Å². The molecule has 1 aromatic carbocycles. The molecule has 1 aromatic heterocycles. The van der Waals surface area contributed by atoms with Gasteiger partial charge in [-0.25, -0.2) is 14.4 Å². The summed E-state index contributed by atoms with van der Waals surface area (Å²) in [5, 5.41) is 16.5. The molecule has 0 amide bonds. The highest BCUT2D eigenvalue weighted by Crippen LogP contribution is 2.28. The highest BCUT2D eigenvalue weighted by Gasteiger charge is 2.22. The molecule has 0 unspecified atom stereocenters. The fraction of sp³-hybridized carbons (Fsp3) is 0.350. The van der Waals surface area contributed by atoms with Gasteiger partial charge in [0.05, 0.1) is 10.7 Å². The topological polar surface area (TPSA) is 73.1 Å². The van der Waals surface area contributed by atoms with E-state index in [1.165, 1.54) is 6.07 Å². The van der Waals surface area contributed by atoms with E-state index in [0.29, 0.717) is 30.9 Å². The second kappa shape index (κ2) is 9.23. The van der Waals surface area contributed by atoms with Crippen molar-refractivity contribution >= 4 is 28.8 Å². The number of fused-ring (bicyclic) bond motifs is 1. The van der Waals surface area contributed by atoms with Gasteiger partial charge in [0.2, 0.25) is 0 Å².